The molecule has 8 heteroatoms. The van der Waals surface area contributed by atoms with E-state index in [1.54, 1.807) is 30.3 Å². The molecule has 2 aromatic carbocycles. The fourth-order valence-corrected chi connectivity index (χ4v) is 6.37. The van der Waals surface area contributed by atoms with E-state index in [-0.39, 0.29) is 21.6 Å². The number of likely N-dealkylation sites (tertiary alicyclic amines) is 1. The first kappa shape index (κ1) is 21.3. The van der Waals surface area contributed by atoms with E-state index >= 15 is 0 Å². The van der Waals surface area contributed by atoms with Gasteiger partial charge in [-0.05, 0) is 55.5 Å². The molecule has 0 bridgehead atoms. The Morgan fingerprint density at radius 3 is 2.27 bits per heavy atom. The van der Waals surface area contributed by atoms with Gasteiger partial charge in [0.1, 0.15) is 10.7 Å². The Kier molecular flexibility index (Phi) is 5.88. The zero-order valence-electron chi connectivity index (χ0n) is 16.6. The topological polar surface area (TPSA) is 57.7 Å². The monoisotopic (exact) mass is 450 g/mol. The third-order valence-corrected chi connectivity index (χ3v) is 8.72. The van der Waals surface area contributed by atoms with Crippen molar-refractivity contribution in [3.63, 3.8) is 0 Å². The Hall–Kier alpha value is -1.96. The molecule has 0 radical (unpaired) electrons. The molecule has 0 atom stereocenters. The van der Waals surface area contributed by atoms with Crippen LogP contribution in [0.2, 0.25) is 5.02 Å². The fraction of sp³-hybridized carbons (Fsp3) is 0.409. The zero-order chi connectivity index (χ0) is 21.4. The maximum Gasteiger partial charge on any atom is 0.244 e. The summed E-state index contributed by atoms with van der Waals surface area (Å²) in [7, 11) is -3.67. The Morgan fingerprint density at radius 1 is 0.967 bits per heavy atom. The van der Waals surface area contributed by atoms with E-state index < -0.39 is 15.4 Å². The van der Waals surface area contributed by atoms with Gasteiger partial charge in [-0.3, -0.25) is 4.79 Å². The zero-order valence-corrected chi connectivity index (χ0v) is 18.1. The molecule has 0 aromatic heterocycles. The molecule has 2 heterocycles. The van der Waals surface area contributed by atoms with Crippen LogP contribution in [0.4, 0.5) is 4.39 Å². The van der Waals surface area contributed by atoms with Crippen LogP contribution in [-0.4, -0.2) is 49.7 Å². The summed E-state index contributed by atoms with van der Waals surface area (Å²) in [5.74, 6) is -0.159. The van der Waals surface area contributed by atoms with Crippen molar-refractivity contribution in [2.45, 2.75) is 30.6 Å². The number of hydrogen-bond donors (Lipinski definition) is 0. The minimum Gasteiger partial charge on any atom is -0.342 e. The molecular weight excluding hydrogens is 427 g/mol. The van der Waals surface area contributed by atoms with Crippen molar-refractivity contribution in [1.82, 2.24) is 9.21 Å². The average molecular weight is 451 g/mol. The van der Waals surface area contributed by atoms with Crippen LogP contribution in [0.3, 0.4) is 0 Å². The van der Waals surface area contributed by atoms with Crippen LogP contribution in [0.15, 0.2) is 53.4 Å². The van der Waals surface area contributed by atoms with Gasteiger partial charge in [0, 0.05) is 26.2 Å². The molecule has 2 aliphatic heterocycles. The van der Waals surface area contributed by atoms with Crippen molar-refractivity contribution in [3.8, 4) is 0 Å². The third kappa shape index (κ3) is 3.98. The van der Waals surface area contributed by atoms with Gasteiger partial charge in [0.25, 0.3) is 0 Å². The van der Waals surface area contributed by atoms with Crippen LogP contribution in [-0.2, 0) is 21.2 Å². The molecule has 0 unspecified atom stereocenters. The molecule has 2 aliphatic rings. The standard InChI is InChI=1S/C22H24ClFN2O3S/c23-19-3-1-2-4-20(19)30(28,29)26-15-11-22(12-16-26)10-14-25(21(22)27)13-9-17-5-7-18(24)8-6-17/h1-8H,9-16H2. The highest BCUT2D eigenvalue weighted by molar-refractivity contribution is 7.89. The SMILES string of the molecule is O=C1N(CCc2ccc(F)cc2)CCC12CCN(S(=O)(=O)c1ccccc1Cl)CC2. The number of rotatable bonds is 5. The lowest BCUT2D eigenvalue weighted by molar-refractivity contribution is -0.137. The van der Waals surface area contributed by atoms with E-state index in [1.165, 1.54) is 22.5 Å². The Labute approximate surface area is 181 Å². The molecule has 4 rings (SSSR count). The first-order valence-corrected chi connectivity index (χ1v) is 11.9. The van der Waals surface area contributed by atoms with Gasteiger partial charge in [-0.1, -0.05) is 35.9 Å². The van der Waals surface area contributed by atoms with Crippen LogP contribution < -0.4 is 0 Å². The number of hydrogen-bond acceptors (Lipinski definition) is 3. The van der Waals surface area contributed by atoms with E-state index in [2.05, 4.69) is 0 Å². The van der Waals surface area contributed by atoms with Gasteiger partial charge < -0.3 is 4.90 Å². The number of halogens is 2. The molecule has 1 spiro atoms. The third-order valence-electron chi connectivity index (χ3n) is 6.32. The number of benzene rings is 2. The van der Waals surface area contributed by atoms with Crippen LogP contribution in [0, 0.1) is 11.2 Å². The van der Waals surface area contributed by atoms with Gasteiger partial charge in [0.15, 0.2) is 0 Å². The second-order valence-electron chi connectivity index (χ2n) is 8.03. The number of amides is 1. The van der Waals surface area contributed by atoms with Gasteiger partial charge >= 0.3 is 0 Å². The second-order valence-corrected chi connectivity index (χ2v) is 10.3. The lowest BCUT2D eigenvalue weighted by Gasteiger charge is -2.37. The number of nitrogens with zero attached hydrogens (tertiary/aromatic N) is 2. The van der Waals surface area contributed by atoms with E-state index in [1.807, 2.05) is 4.90 Å². The molecule has 1 amide bonds. The van der Waals surface area contributed by atoms with Crippen molar-refractivity contribution >= 4 is 27.5 Å². The predicted molar refractivity (Wildman–Crippen MR) is 113 cm³/mol. The predicted octanol–water partition coefficient (Wildman–Crippen LogP) is 3.73. The summed E-state index contributed by atoms with van der Waals surface area (Å²) in [6.45, 7) is 1.89. The molecule has 30 heavy (non-hydrogen) atoms. The fourth-order valence-electron chi connectivity index (χ4n) is 4.43. The molecule has 0 saturated carbocycles. The molecule has 2 saturated heterocycles. The maximum absolute atomic E-state index is 13.1. The van der Waals surface area contributed by atoms with Crippen molar-refractivity contribution < 1.29 is 17.6 Å². The highest BCUT2D eigenvalue weighted by atomic mass is 35.5. The summed E-state index contributed by atoms with van der Waals surface area (Å²) in [5, 5.41) is 0.210. The van der Waals surface area contributed by atoms with Crippen LogP contribution >= 0.6 is 11.6 Å². The summed E-state index contributed by atoms with van der Waals surface area (Å²) in [6, 6.07) is 12.8. The van der Waals surface area contributed by atoms with E-state index in [0.29, 0.717) is 45.4 Å². The second kappa shape index (κ2) is 8.29. The average Bonchev–Trinajstić information content (AvgIpc) is 3.03. The molecule has 2 fully saturated rings. The number of piperidine rings is 1. The van der Waals surface area contributed by atoms with Crippen molar-refractivity contribution in [3.05, 3.63) is 64.9 Å². The van der Waals surface area contributed by atoms with Crippen LogP contribution in [0.25, 0.3) is 0 Å². The smallest absolute Gasteiger partial charge is 0.244 e. The Morgan fingerprint density at radius 2 is 1.60 bits per heavy atom. The lowest BCUT2D eigenvalue weighted by atomic mass is 9.77. The highest BCUT2D eigenvalue weighted by Gasteiger charge is 2.49. The Balaban J connectivity index is 1.39. The number of carbonyl (C=O) groups is 1. The van der Waals surface area contributed by atoms with Gasteiger partial charge in [-0.15, -0.1) is 0 Å². The quantitative estimate of drug-likeness (QED) is 0.697. The van der Waals surface area contributed by atoms with Crippen LogP contribution in [0.1, 0.15) is 24.8 Å². The molecule has 0 aliphatic carbocycles. The molecule has 160 valence electrons. The Bertz CT molecular complexity index is 1030. The van der Waals surface area contributed by atoms with E-state index in [9.17, 15) is 17.6 Å². The van der Waals surface area contributed by atoms with Crippen molar-refractivity contribution in [2.75, 3.05) is 26.2 Å². The maximum atomic E-state index is 13.1. The largest absolute Gasteiger partial charge is 0.342 e. The summed E-state index contributed by atoms with van der Waals surface area (Å²) in [5.41, 5.74) is 0.515. The lowest BCUT2D eigenvalue weighted by Crippen LogP contribution is -2.46. The number of sulfonamides is 1. The highest BCUT2D eigenvalue weighted by Crippen LogP contribution is 2.42. The minimum atomic E-state index is -3.67. The minimum absolute atomic E-state index is 0.111. The summed E-state index contributed by atoms with van der Waals surface area (Å²) >= 11 is 6.10. The van der Waals surface area contributed by atoms with Gasteiger partial charge in [0.2, 0.25) is 15.9 Å². The van der Waals surface area contributed by atoms with Crippen LogP contribution in [0.5, 0.6) is 0 Å². The number of carbonyl (C=O) groups excluding carboxylic acids is 1. The van der Waals surface area contributed by atoms with Gasteiger partial charge in [0.05, 0.1) is 10.4 Å². The van der Waals surface area contributed by atoms with E-state index in [4.69, 9.17) is 11.6 Å². The summed E-state index contributed by atoms with van der Waals surface area (Å²) < 4.78 is 40.4. The van der Waals surface area contributed by atoms with Crippen molar-refractivity contribution in [2.24, 2.45) is 5.41 Å². The first-order chi connectivity index (χ1) is 14.3. The normalized spacial score (nSPS) is 19.5. The molecular formula is C22H24ClFN2O3S. The first-order valence-electron chi connectivity index (χ1n) is 10.1. The molecule has 2 aromatic rings. The van der Waals surface area contributed by atoms with E-state index in [0.717, 1.165) is 12.0 Å². The summed E-state index contributed by atoms with van der Waals surface area (Å²) in [4.78, 5) is 15.1. The summed E-state index contributed by atoms with van der Waals surface area (Å²) in [6.07, 6.45) is 2.45. The molecule has 5 nitrogen and oxygen atoms in total. The van der Waals surface area contributed by atoms with Gasteiger partial charge in [-0.25, -0.2) is 12.8 Å². The van der Waals surface area contributed by atoms with Gasteiger partial charge in [-0.2, -0.15) is 4.31 Å². The molecule has 0 N–H and O–H groups in total. The van der Waals surface area contributed by atoms with Crippen molar-refractivity contribution in [1.29, 1.82) is 0 Å².